The van der Waals surface area contributed by atoms with Crippen LogP contribution in [0.4, 0.5) is 0 Å². The molecule has 0 atom stereocenters. The molecule has 0 spiro atoms. The summed E-state index contributed by atoms with van der Waals surface area (Å²) in [5.41, 5.74) is 2.15. The van der Waals surface area contributed by atoms with Gasteiger partial charge in [-0.3, -0.25) is 4.79 Å². The molecule has 1 aromatic heterocycles. The summed E-state index contributed by atoms with van der Waals surface area (Å²) < 4.78 is 1.68. The second-order valence-corrected chi connectivity index (χ2v) is 5.78. The average molecular weight is 304 g/mol. The fourth-order valence-corrected chi connectivity index (χ4v) is 2.73. The minimum atomic E-state index is -0.114. The topological polar surface area (TPSA) is 80.0 Å². The molecule has 0 saturated carbocycles. The highest BCUT2D eigenvalue weighted by atomic mass is 16.3. The predicted molar refractivity (Wildman–Crippen MR) is 85.6 cm³/mol. The predicted octanol–water partition coefficient (Wildman–Crippen LogP) is 1.89. The Bertz CT molecular complexity index is 647. The third-order valence-corrected chi connectivity index (χ3v) is 4.64. The van der Waals surface area contributed by atoms with Gasteiger partial charge in [-0.15, -0.1) is 5.10 Å². The number of benzene rings is 1. The highest BCUT2D eigenvalue weighted by Gasteiger charge is 2.26. The second kappa shape index (κ2) is 6.87. The Morgan fingerprint density at radius 1 is 1.36 bits per heavy atom. The minimum absolute atomic E-state index is 0.0406. The number of fused-ring (bicyclic) bond motifs is 1. The molecule has 0 aliphatic carbocycles. The first-order chi connectivity index (χ1) is 10.5. The van der Waals surface area contributed by atoms with E-state index in [0.29, 0.717) is 24.0 Å². The lowest BCUT2D eigenvalue weighted by atomic mass is 9.79. The summed E-state index contributed by atoms with van der Waals surface area (Å²) in [5.74, 6) is -0.114. The number of carbonyl (C=O) groups excluding carboxylic acids is 1. The number of aliphatic hydroxyl groups is 1. The quantitative estimate of drug-likeness (QED) is 0.818. The van der Waals surface area contributed by atoms with Gasteiger partial charge in [-0.1, -0.05) is 19.1 Å². The molecule has 0 aliphatic rings. The van der Waals surface area contributed by atoms with Crippen molar-refractivity contribution in [3.8, 4) is 0 Å². The van der Waals surface area contributed by atoms with Crippen molar-refractivity contribution in [2.24, 2.45) is 12.5 Å². The zero-order chi connectivity index (χ0) is 16.2. The van der Waals surface area contributed by atoms with Crippen molar-refractivity contribution in [1.82, 2.24) is 20.3 Å². The van der Waals surface area contributed by atoms with Gasteiger partial charge in [-0.25, -0.2) is 4.68 Å². The van der Waals surface area contributed by atoms with Gasteiger partial charge in [0.15, 0.2) is 0 Å². The van der Waals surface area contributed by atoms with Crippen molar-refractivity contribution in [2.45, 2.75) is 33.1 Å². The molecule has 22 heavy (non-hydrogen) atoms. The van der Waals surface area contributed by atoms with E-state index in [1.54, 1.807) is 16.8 Å². The van der Waals surface area contributed by atoms with Gasteiger partial charge in [0, 0.05) is 25.8 Å². The highest BCUT2D eigenvalue weighted by molar-refractivity contribution is 5.97. The summed E-state index contributed by atoms with van der Waals surface area (Å²) in [5, 5.41) is 20.2. The third-order valence-electron chi connectivity index (χ3n) is 4.64. The Kier molecular flexibility index (Phi) is 5.13. The first-order valence-electron chi connectivity index (χ1n) is 7.73. The maximum Gasteiger partial charge on any atom is 0.251 e. The molecule has 0 saturated heterocycles. The van der Waals surface area contributed by atoms with Crippen LogP contribution >= 0.6 is 0 Å². The van der Waals surface area contributed by atoms with Crippen LogP contribution in [0.15, 0.2) is 18.2 Å². The van der Waals surface area contributed by atoms with Crippen LogP contribution in [0, 0.1) is 5.41 Å². The lowest BCUT2D eigenvalue weighted by Crippen LogP contribution is -2.37. The molecule has 2 aromatic rings. The number of nitrogens with zero attached hydrogens (tertiary/aromatic N) is 3. The van der Waals surface area contributed by atoms with E-state index in [-0.39, 0.29) is 17.9 Å². The maximum absolute atomic E-state index is 12.3. The van der Waals surface area contributed by atoms with Crippen LogP contribution in [-0.4, -0.2) is 39.2 Å². The summed E-state index contributed by atoms with van der Waals surface area (Å²) in [6.07, 6.45) is 2.55. The molecule has 1 heterocycles. The minimum Gasteiger partial charge on any atom is -0.396 e. The summed E-state index contributed by atoms with van der Waals surface area (Å²) in [7, 11) is 1.82. The number of amides is 1. The van der Waals surface area contributed by atoms with Gasteiger partial charge >= 0.3 is 0 Å². The number of carbonyl (C=O) groups is 1. The number of hydrogen-bond donors (Lipinski definition) is 2. The summed E-state index contributed by atoms with van der Waals surface area (Å²) in [6.45, 7) is 4.90. The third kappa shape index (κ3) is 3.27. The van der Waals surface area contributed by atoms with Gasteiger partial charge < -0.3 is 10.4 Å². The fraction of sp³-hybridized carbons (Fsp3) is 0.562. The zero-order valence-corrected chi connectivity index (χ0v) is 13.5. The highest BCUT2D eigenvalue weighted by Crippen LogP contribution is 2.29. The van der Waals surface area contributed by atoms with Gasteiger partial charge in [-0.2, -0.15) is 0 Å². The first-order valence-corrected chi connectivity index (χ1v) is 7.73. The van der Waals surface area contributed by atoms with Gasteiger partial charge in [0.25, 0.3) is 5.91 Å². The van der Waals surface area contributed by atoms with Crippen LogP contribution in [0.2, 0.25) is 0 Å². The van der Waals surface area contributed by atoms with E-state index in [1.807, 2.05) is 13.1 Å². The molecule has 0 unspecified atom stereocenters. The summed E-state index contributed by atoms with van der Waals surface area (Å²) >= 11 is 0. The molecule has 1 aromatic carbocycles. The van der Waals surface area contributed by atoms with Gasteiger partial charge in [0.2, 0.25) is 0 Å². The van der Waals surface area contributed by atoms with Crippen molar-refractivity contribution >= 4 is 16.9 Å². The SMILES string of the molecule is CCC(CC)(CCO)CNC(=O)c1ccc2c(c1)nnn2C. The van der Waals surface area contributed by atoms with E-state index < -0.39 is 0 Å². The first kappa shape index (κ1) is 16.4. The van der Waals surface area contributed by atoms with Crippen molar-refractivity contribution in [3.05, 3.63) is 23.8 Å². The monoisotopic (exact) mass is 304 g/mol. The van der Waals surface area contributed by atoms with E-state index in [4.69, 9.17) is 0 Å². The lowest BCUT2D eigenvalue weighted by molar-refractivity contribution is 0.0907. The van der Waals surface area contributed by atoms with Gasteiger partial charge in [0.05, 0.1) is 5.52 Å². The van der Waals surface area contributed by atoms with Crippen molar-refractivity contribution in [2.75, 3.05) is 13.2 Å². The number of aromatic nitrogens is 3. The van der Waals surface area contributed by atoms with Crippen LogP contribution in [-0.2, 0) is 7.05 Å². The molecule has 2 rings (SSSR count). The molecule has 0 bridgehead atoms. The second-order valence-electron chi connectivity index (χ2n) is 5.78. The van der Waals surface area contributed by atoms with Gasteiger partial charge in [0.1, 0.15) is 5.52 Å². The largest absolute Gasteiger partial charge is 0.396 e. The van der Waals surface area contributed by atoms with E-state index >= 15 is 0 Å². The number of aliphatic hydroxyl groups excluding tert-OH is 1. The Morgan fingerprint density at radius 3 is 2.73 bits per heavy atom. The Balaban J connectivity index is 2.10. The smallest absolute Gasteiger partial charge is 0.251 e. The molecule has 0 radical (unpaired) electrons. The van der Waals surface area contributed by atoms with E-state index in [0.717, 1.165) is 18.4 Å². The van der Waals surface area contributed by atoms with Crippen LogP contribution in [0.5, 0.6) is 0 Å². The molecular weight excluding hydrogens is 280 g/mol. The number of nitrogens with one attached hydrogen (secondary N) is 1. The molecule has 1 amide bonds. The number of hydrogen-bond acceptors (Lipinski definition) is 4. The van der Waals surface area contributed by atoms with Crippen LogP contribution in [0.1, 0.15) is 43.5 Å². The molecule has 120 valence electrons. The number of rotatable bonds is 7. The van der Waals surface area contributed by atoms with E-state index in [1.165, 1.54) is 0 Å². The summed E-state index contributed by atoms with van der Waals surface area (Å²) in [4.78, 5) is 12.3. The standard InChI is InChI=1S/C16H24N4O2/c1-4-16(5-2,8-9-21)11-17-15(22)12-6-7-14-13(10-12)18-19-20(14)3/h6-7,10,21H,4-5,8-9,11H2,1-3H3,(H,17,22). The molecule has 0 aliphatic heterocycles. The molecule has 0 fully saturated rings. The average Bonchev–Trinajstić information content (AvgIpc) is 2.92. The normalized spacial score (nSPS) is 11.8. The summed E-state index contributed by atoms with van der Waals surface area (Å²) in [6, 6.07) is 5.39. The van der Waals surface area contributed by atoms with E-state index in [9.17, 15) is 9.90 Å². The van der Waals surface area contributed by atoms with E-state index in [2.05, 4.69) is 29.5 Å². The number of aryl methyl sites for hydroxylation is 1. The van der Waals surface area contributed by atoms with Crippen LogP contribution < -0.4 is 5.32 Å². The Labute approximate surface area is 130 Å². The molecular formula is C16H24N4O2. The molecule has 6 nitrogen and oxygen atoms in total. The Morgan fingerprint density at radius 2 is 2.09 bits per heavy atom. The molecule has 6 heteroatoms. The van der Waals surface area contributed by atoms with Gasteiger partial charge in [-0.05, 0) is 42.9 Å². The van der Waals surface area contributed by atoms with Crippen molar-refractivity contribution in [3.63, 3.8) is 0 Å². The fourth-order valence-electron chi connectivity index (χ4n) is 2.73. The molecule has 2 N–H and O–H groups in total. The van der Waals surface area contributed by atoms with Crippen LogP contribution in [0.25, 0.3) is 11.0 Å². The lowest BCUT2D eigenvalue weighted by Gasteiger charge is -2.31. The van der Waals surface area contributed by atoms with Crippen molar-refractivity contribution < 1.29 is 9.90 Å². The van der Waals surface area contributed by atoms with Crippen molar-refractivity contribution in [1.29, 1.82) is 0 Å². The Hall–Kier alpha value is -1.95. The van der Waals surface area contributed by atoms with Crippen LogP contribution in [0.3, 0.4) is 0 Å². The maximum atomic E-state index is 12.3. The zero-order valence-electron chi connectivity index (χ0n) is 13.5.